The standard InChI is InChI=1S/C26H25F5N2O2/c1-32-24(34)23(18-6-3-2-4-7-18)33-15-14-22(17-10-12-20(13-11-17)26(29,30)31)19-8-5-9-21(16-19)35-25(27)28/h2-13,16,22-23,25,33H,14-15H2,1H3,(H,32,34)/t22-,23+/m1/s1. The number of hydrogen-bond acceptors (Lipinski definition) is 3. The van der Waals surface area contributed by atoms with Gasteiger partial charge in [-0.3, -0.25) is 4.79 Å². The number of carbonyl (C=O) groups is 1. The fourth-order valence-electron chi connectivity index (χ4n) is 3.86. The third-order valence-corrected chi connectivity index (χ3v) is 5.55. The van der Waals surface area contributed by atoms with E-state index in [2.05, 4.69) is 15.4 Å². The number of halogens is 5. The number of benzene rings is 3. The predicted molar refractivity (Wildman–Crippen MR) is 122 cm³/mol. The zero-order valence-electron chi connectivity index (χ0n) is 18.9. The van der Waals surface area contributed by atoms with Crippen molar-refractivity contribution in [2.45, 2.75) is 31.2 Å². The molecule has 3 rings (SSSR count). The third-order valence-electron chi connectivity index (χ3n) is 5.55. The van der Waals surface area contributed by atoms with Crippen molar-refractivity contribution in [2.75, 3.05) is 13.6 Å². The van der Waals surface area contributed by atoms with E-state index < -0.39 is 30.3 Å². The molecule has 0 aliphatic heterocycles. The molecule has 2 atom stereocenters. The molecule has 3 aromatic carbocycles. The average molecular weight is 492 g/mol. The van der Waals surface area contributed by atoms with E-state index in [0.29, 0.717) is 24.1 Å². The smallest absolute Gasteiger partial charge is 0.416 e. The zero-order chi connectivity index (χ0) is 25.4. The van der Waals surface area contributed by atoms with Crippen LogP contribution in [-0.4, -0.2) is 26.1 Å². The van der Waals surface area contributed by atoms with Crippen LogP contribution in [0, 0.1) is 0 Å². The Labute approximate surface area is 200 Å². The molecule has 1 amide bonds. The summed E-state index contributed by atoms with van der Waals surface area (Å²) < 4.78 is 69.1. The molecule has 0 aliphatic carbocycles. The number of amides is 1. The summed E-state index contributed by atoms with van der Waals surface area (Å²) in [5.74, 6) is -0.725. The number of carbonyl (C=O) groups excluding carboxylic acids is 1. The highest BCUT2D eigenvalue weighted by Crippen LogP contribution is 2.34. The van der Waals surface area contributed by atoms with E-state index in [1.54, 1.807) is 12.1 Å². The van der Waals surface area contributed by atoms with Crippen molar-refractivity contribution in [3.8, 4) is 5.75 Å². The maximum atomic E-state index is 13.0. The van der Waals surface area contributed by atoms with Crippen LogP contribution >= 0.6 is 0 Å². The van der Waals surface area contributed by atoms with Crippen LogP contribution in [0.25, 0.3) is 0 Å². The van der Waals surface area contributed by atoms with Crippen molar-refractivity contribution < 1.29 is 31.5 Å². The van der Waals surface area contributed by atoms with Crippen molar-refractivity contribution in [3.63, 3.8) is 0 Å². The van der Waals surface area contributed by atoms with Crippen LogP contribution in [0.1, 0.15) is 40.6 Å². The number of nitrogens with one attached hydrogen (secondary N) is 2. The number of hydrogen-bond donors (Lipinski definition) is 2. The van der Waals surface area contributed by atoms with Crippen LogP contribution in [0.4, 0.5) is 22.0 Å². The van der Waals surface area contributed by atoms with Gasteiger partial charge in [0.05, 0.1) is 5.56 Å². The first-order valence-corrected chi connectivity index (χ1v) is 10.9. The van der Waals surface area contributed by atoms with Crippen molar-refractivity contribution in [1.29, 1.82) is 0 Å². The molecule has 186 valence electrons. The molecule has 0 heterocycles. The largest absolute Gasteiger partial charge is 0.435 e. The lowest BCUT2D eigenvalue weighted by molar-refractivity contribution is -0.137. The zero-order valence-corrected chi connectivity index (χ0v) is 18.9. The lowest BCUT2D eigenvalue weighted by atomic mass is 9.87. The van der Waals surface area contributed by atoms with Gasteiger partial charge in [-0.1, -0.05) is 54.6 Å². The maximum Gasteiger partial charge on any atom is 0.416 e. The monoisotopic (exact) mass is 492 g/mol. The van der Waals surface area contributed by atoms with Gasteiger partial charge in [-0.25, -0.2) is 0 Å². The van der Waals surface area contributed by atoms with E-state index in [0.717, 1.165) is 17.7 Å². The second kappa shape index (κ2) is 11.8. The molecule has 0 unspecified atom stereocenters. The highest BCUT2D eigenvalue weighted by atomic mass is 19.4. The van der Waals surface area contributed by atoms with Crippen LogP contribution < -0.4 is 15.4 Å². The van der Waals surface area contributed by atoms with Crippen molar-refractivity contribution in [1.82, 2.24) is 10.6 Å². The third kappa shape index (κ3) is 7.26. The summed E-state index contributed by atoms with van der Waals surface area (Å²) in [7, 11) is 1.53. The molecule has 35 heavy (non-hydrogen) atoms. The number of likely N-dealkylation sites (N-methyl/N-ethyl adjacent to an activating group) is 1. The van der Waals surface area contributed by atoms with Gasteiger partial charge in [-0.2, -0.15) is 22.0 Å². The molecule has 0 saturated heterocycles. The minimum absolute atomic E-state index is 0.0464. The van der Waals surface area contributed by atoms with Gasteiger partial charge in [0.15, 0.2) is 0 Å². The summed E-state index contributed by atoms with van der Waals surface area (Å²) >= 11 is 0. The summed E-state index contributed by atoms with van der Waals surface area (Å²) in [5, 5.41) is 5.81. The number of ether oxygens (including phenoxy) is 1. The highest BCUT2D eigenvalue weighted by Gasteiger charge is 2.30. The van der Waals surface area contributed by atoms with Crippen LogP contribution in [0.3, 0.4) is 0 Å². The number of alkyl halides is 5. The molecule has 0 aromatic heterocycles. The number of rotatable bonds is 10. The first-order chi connectivity index (χ1) is 16.7. The highest BCUT2D eigenvalue weighted by molar-refractivity contribution is 5.82. The Kier molecular flexibility index (Phi) is 8.81. The molecular weight excluding hydrogens is 467 g/mol. The summed E-state index contributed by atoms with van der Waals surface area (Å²) in [4.78, 5) is 12.4. The molecular formula is C26H25F5N2O2. The summed E-state index contributed by atoms with van der Waals surface area (Å²) in [5.41, 5.74) is 1.15. The summed E-state index contributed by atoms with van der Waals surface area (Å²) in [6, 6.07) is 19.3. The fraction of sp³-hybridized carbons (Fsp3) is 0.269. The first kappa shape index (κ1) is 26.2. The Hall–Kier alpha value is -3.46. The fourth-order valence-corrected chi connectivity index (χ4v) is 3.86. The topological polar surface area (TPSA) is 50.4 Å². The molecule has 0 spiro atoms. The summed E-state index contributed by atoms with van der Waals surface area (Å²) in [6.45, 7) is -2.69. The Morgan fingerprint density at radius 1 is 0.886 bits per heavy atom. The lowest BCUT2D eigenvalue weighted by Crippen LogP contribution is -2.36. The van der Waals surface area contributed by atoms with Gasteiger partial charge in [0.1, 0.15) is 11.8 Å². The van der Waals surface area contributed by atoms with E-state index in [9.17, 15) is 26.7 Å². The van der Waals surface area contributed by atoms with E-state index in [1.165, 1.54) is 31.3 Å². The first-order valence-electron chi connectivity index (χ1n) is 10.9. The van der Waals surface area contributed by atoms with Gasteiger partial charge in [0, 0.05) is 13.0 Å². The molecule has 0 radical (unpaired) electrons. The van der Waals surface area contributed by atoms with Crippen LogP contribution in [0.2, 0.25) is 0 Å². The molecule has 3 aromatic rings. The van der Waals surface area contributed by atoms with Gasteiger partial charge in [-0.15, -0.1) is 0 Å². The molecule has 0 aliphatic rings. The van der Waals surface area contributed by atoms with Gasteiger partial charge in [-0.05, 0) is 53.9 Å². The van der Waals surface area contributed by atoms with Gasteiger partial charge in [0.25, 0.3) is 0 Å². The Morgan fingerprint density at radius 2 is 1.54 bits per heavy atom. The normalized spacial score (nSPS) is 13.3. The van der Waals surface area contributed by atoms with Crippen LogP contribution in [0.15, 0.2) is 78.9 Å². The lowest BCUT2D eigenvalue weighted by Gasteiger charge is -2.22. The minimum Gasteiger partial charge on any atom is -0.435 e. The Morgan fingerprint density at radius 3 is 2.14 bits per heavy atom. The van der Waals surface area contributed by atoms with Gasteiger partial charge in [0.2, 0.25) is 5.91 Å². The van der Waals surface area contributed by atoms with Gasteiger partial charge >= 0.3 is 12.8 Å². The van der Waals surface area contributed by atoms with E-state index in [4.69, 9.17) is 0 Å². The van der Waals surface area contributed by atoms with E-state index >= 15 is 0 Å². The second-order valence-corrected chi connectivity index (χ2v) is 7.82. The quantitative estimate of drug-likeness (QED) is 0.346. The minimum atomic E-state index is -4.48. The SMILES string of the molecule is CNC(=O)[C@@H](NCC[C@H](c1ccc(C(F)(F)F)cc1)c1cccc(OC(F)F)c1)c1ccccc1. The van der Waals surface area contributed by atoms with Crippen molar-refractivity contribution in [3.05, 3.63) is 101 Å². The molecule has 0 saturated carbocycles. The Bertz CT molecular complexity index is 1090. The van der Waals surface area contributed by atoms with Crippen LogP contribution in [-0.2, 0) is 11.0 Å². The van der Waals surface area contributed by atoms with E-state index in [1.807, 2.05) is 30.3 Å². The van der Waals surface area contributed by atoms with Gasteiger partial charge < -0.3 is 15.4 Å². The van der Waals surface area contributed by atoms with E-state index in [-0.39, 0.29) is 11.7 Å². The molecule has 4 nitrogen and oxygen atoms in total. The predicted octanol–water partition coefficient (Wildman–Crippen LogP) is 5.91. The molecule has 0 bridgehead atoms. The molecule has 9 heteroatoms. The molecule has 0 fully saturated rings. The van der Waals surface area contributed by atoms with Crippen molar-refractivity contribution in [2.24, 2.45) is 0 Å². The maximum absolute atomic E-state index is 13.0. The average Bonchev–Trinajstić information content (AvgIpc) is 2.83. The van der Waals surface area contributed by atoms with Crippen LogP contribution in [0.5, 0.6) is 5.75 Å². The molecule has 2 N–H and O–H groups in total. The Balaban J connectivity index is 1.86. The second-order valence-electron chi connectivity index (χ2n) is 7.82. The van der Waals surface area contributed by atoms with Crippen molar-refractivity contribution >= 4 is 5.91 Å². The summed E-state index contributed by atoms with van der Waals surface area (Å²) in [6.07, 6.45) is -4.10.